The number of aromatic amines is 1. The van der Waals surface area contributed by atoms with Crippen molar-refractivity contribution in [1.82, 2.24) is 14.5 Å². The summed E-state index contributed by atoms with van der Waals surface area (Å²) in [4.78, 5) is 31.4. The number of amides is 1. The average molecular weight is 434 g/mol. The van der Waals surface area contributed by atoms with Gasteiger partial charge in [-0.15, -0.1) is 0 Å². The second-order valence-corrected chi connectivity index (χ2v) is 7.05. The van der Waals surface area contributed by atoms with Gasteiger partial charge >= 0.3 is 0 Å². The Morgan fingerprint density at radius 1 is 1.42 bits per heavy atom. The lowest BCUT2D eigenvalue weighted by Crippen LogP contribution is -2.18. The minimum Gasteiger partial charge on any atom is -0.353 e. The summed E-state index contributed by atoms with van der Waals surface area (Å²) in [5, 5.41) is 3.40. The number of aromatic nitrogens is 3. The molecule has 0 bridgehead atoms. The first-order valence-corrected chi connectivity index (χ1v) is 8.79. The summed E-state index contributed by atoms with van der Waals surface area (Å²) >= 11 is 2.21. The van der Waals surface area contributed by atoms with Crippen LogP contribution in [-0.4, -0.2) is 20.4 Å². The third-order valence-corrected chi connectivity index (χ3v) is 5.19. The SMILES string of the molecule is CC(=O)Nc1cc(-c2[nH]c3ccn(C4CC4)c(=O)c3c2I)ccn1. The quantitative estimate of drug-likeness (QED) is 0.621. The number of anilines is 1. The number of fused-ring (bicyclic) bond motifs is 1. The molecule has 6 nitrogen and oxygen atoms in total. The van der Waals surface area contributed by atoms with Crippen molar-refractivity contribution in [2.45, 2.75) is 25.8 Å². The summed E-state index contributed by atoms with van der Waals surface area (Å²) in [5.41, 5.74) is 2.63. The molecule has 1 aliphatic rings. The lowest BCUT2D eigenvalue weighted by atomic mass is 10.2. The highest BCUT2D eigenvalue weighted by Crippen LogP contribution is 2.35. The zero-order chi connectivity index (χ0) is 16.8. The number of pyridine rings is 2. The highest BCUT2D eigenvalue weighted by molar-refractivity contribution is 14.1. The van der Waals surface area contributed by atoms with Gasteiger partial charge in [0, 0.05) is 30.9 Å². The third kappa shape index (κ3) is 2.62. The van der Waals surface area contributed by atoms with Gasteiger partial charge in [0.2, 0.25) is 5.91 Å². The molecule has 0 unspecified atom stereocenters. The summed E-state index contributed by atoms with van der Waals surface area (Å²) in [6.07, 6.45) is 5.66. The maximum atomic E-state index is 12.8. The second-order valence-electron chi connectivity index (χ2n) is 5.97. The van der Waals surface area contributed by atoms with Crippen molar-refractivity contribution in [3.63, 3.8) is 0 Å². The zero-order valence-electron chi connectivity index (χ0n) is 13.0. The molecule has 0 spiro atoms. The molecular formula is C17H15IN4O2. The minimum absolute atomic E-state index is 0.0537. The number of H-pyrrole nitrogens is 1. The number of hydrogen-bond donors (Lipinski definition) is 2. The van der Waals surface area contributed by atoms with Crippen LogP contribution in [0.3, 0.4) is 0 Å². The Balaban J connectivity index is 1.86. The normalized spacial score (nSPS) is 14.1. The van der Waals surface area contributed by atoms with Crippen LogP contribution < -0.4 is 10.9 Å². The van der Waals surface area contributed by atoms with Crippen LogP contribution in [0.4, 0.5) is 5.82 Å². The van der Waals surface area contributed by atoms with E-state index in [0.717, 1.165) is 38.6 Å². The first kappa shape index (κ1) is 15.4. The van der Waals surface area contributed by atoms with Crippen molar-refractivity contribution in [2.75, 3.05) is 5.32 Å². The van der Waals surface area contributed by atoms with E-state index >= 15 is 0 Å². The van der Waals surface area contributed by atoms with Crippen LogP contribution in [0.25, 0.3) is 22.2 Å². The molecule has 0 aromatic carbocycles. The Bertz CT molecular complexity index is 1020. The highest BCUT2D eigenvalue weighted by Gasteiger charge is 2.26. The Morgan fingerprint density at radius 3 is 2.92 bits per heavy atom. The summed E-state index contributed by atoms with van der Waals surface area (Å²) < 4.78 is 2.72. The molecule has 0 atom stereocenters. The maximum absolute atomic E-state index is 12.8. The van der Waals surface area contributed by atoms with Gasteiger partial charge in [0.15, 0.2) is 0 Å². The smallest absolute Gasteiger partial charge is 0.261 e. The van der Waals surface area contributed by atoms with Crippen molar-refractivity contribution in [2.24, 2.45) is 0 Å². The van der Waals surface area contributed by atoms with Crippen LogP contribution in [0.1, 0.15) is 25.8 Å². The van der Waals surface area contributed by atoms with Crippen molar-refractivity contribution < 1.29 is 4.79 Å². The van der Waals surface area contributed by atoms with Crippen LogP contribution in [0.15, 0.2) is 35.4 Å². The number of rotatable bonds is 3. The molecule has 3 aromatic heterocycles. The summed E-state index contributed by atoms with van der Waals surface area (Å²) in [5.74, 6) is 0.322. The van der Waals surface area contributed by atoms with E-state index in [-0.39, 0.29) is 11.5 Å². The number of nitrogens with zero attached hydrogens (tertiary/aromatic N) is 2. The van der Waals surface area contributed by atoms with E-state index in [4.69, 9.17) is 0 Å². The van der Waals surface area contributed by atoms with Crippen molar-refractivity contribution in [3.8, 4) is 11.3 Å². The number of halogens is 1. The number of carbonyl (C=O) groups is 1. The predicted molar refractivity (Wildman–Crippen MR) is 101 cm³/mol. The Kier molecular flexibility index (Phi) is 3.67. The molecule has 0 saturated heterocycles. The Morgan fingerprint density at radius 2 is 2.21 bits per heavy atom. The van der Waals surface area contributed by atoms with E-state index in [1.54, 1.807) is 12.3 Å². The van der Waals surface area contributed by atoms with E-state index < -0.39 is 0 Å². The molecule has 1 fully saturated rings. The van der Waals surface area contributed by atoms with E-state index in [1.165, 1.54) is 6.92 Å². The van der Waals surface area contributed by atoms with Gasteiger partial charge in [0.1, 0.15) is 5.82 Å². The summed E-state index contributed by atoms with van der Waals surface area (Å²) in [6, 6.07) is 5.96. The van der Waals surface area contributed by atoms with Crippen LogP contribution in [0, 0.1) is 3.57 Å². The van der Waals surface area contributed by atoms with Gasteiger partial charge in [-0.25, -0.2) is 4.98 Å². The fourth-order valence-corrected chi connectivity index (χ4v) is 3.82. The maximum Gasteiger partial charge on any atom is 0.261 e. The van der Waals surface area contributed by atoms with Gasteiger partial charge in [-0.2, -0.15) is 0 Å². The summed E-state index contributed by atoms with van der Waals surface area (Å²) in [6.45, 7) is 1.45. The van der Waals surface area contributed by atoms with Crippen molar-refractivity contribution in [1.29, 1.82) is 0 Å². The molecule has 4 rings (SSSR count). The third-order valence-electron chi connectivity index (χ3n) is 4.11. The van der Waals surface area contributed by atoms with Gasteiger partial charge in [-0.1, -0.05) is 0 Å². The van der Waals surface area contributed by atoms with Crippen LogP contribution in [0.5, 0.6) is 0 Å². The summed E-state index contributed by atoms with van der Waals surface area (Å²) in [7, 11) is 0. The molecule has 1 aliphatic carbocycles. The number of hydrogen-bond acceptors (Lipinski definition) is 3. The molecule has 1 saturated carbocycles. The van der Waals surface area contributed by atoms with Crippen LogP contribution in [0.2, 0.25) is 0 Å². The van der Waals surface area contributed by atoms with Crippen molar-refractivity contribution in [3.05, 3.63) is 44.5 Å². The Labute approximate surface area is 151 Å². The molecule has 2 N–H and O–H groups in total. The fraction of sp³-hybridized carbons (Fsp3) is 0.235. The van der Waals surface area contributed by atoms with Gasteiger partial charge in [-0.05, 0) is 53.6 Å². The minimum atomic E-state index is -0.168. The molecule has 3 aromatic rings. The van der Waals surface area contributed by atoms with Crippen LogP contribution >= 0.6 is 22.6 Å². The standard InChI is InChI=1S/C17H15IN4O2/c1-9(23)20-13-8-10(4-6-19-13)16-15(18)14-12(21-16)5-7-22(17(14)24)11-2-3-11/h4-8,11,21H,2-3H2,1H3,(H,19,20,23). The van der Waals surface area contributed by atoms with E-state index in [1.807, 2.05) is 22.9 Å². The van der Waals surface area contributed by atoms with Gasteiger partial charge < -0.3 is 14.9 Å². The predicted octanol–water partition coefficient (Wildman–Crippen LogP) is 3.29. The first-order chi connectivity index (χ1) is 11.5. The fourth-order valence-electron chi connectivity index (χ4n) is 2.85. The molecule has 24 heavy (non-hydrogen) atoms. The van der Waals surface area contributed by atoms with E-state index in [2.05, 4.69) is 37.9 Å². The molecule has 3 heterocycles. The molecule has 0 radical (unpaired) electrons. The molecule has 122 valence electrons. The van der Waals surface area contributed by atoms with E-state index in [9.17, 15) is 9.59 Å². The second kappa shape index (κ2) is 5.73. The number of nitrogens with one attached hydrogen (secondary N) is 2. The largest absolute Gasteiger partial charge is 0.353 e. The lowest BCUT2D eigenvalue weighted by molar-refractivity contribution is -0.114. The van der Waals surface area contributed by atoms with E-state index in [0.29, 0.717) is 11.9 Å². The molecule has 1 amide bonds. The monoisotopic (exact) mass is 434 g/mol. The lowest BCUT2D eigenvalue weighted by Gasteiger charge is -2.04. The zero-order valence-corrected chi connectivity index (χ0v) is 15.1. The first-order valence-electron chi connectivity index (χ1n) is 7.71. The topological polar surface area (TPSA) is 79.8 Å². The molecular weight excluding hydrogens is 419 g/mol. The van der Waals surface area contributed by atoms with Gasteiger partial charge in [0.25, 0.3) is 5.56 Å². The highest BCUT2D eigenvalue weighted by atomic mass is 127. The number of carbonyl (C=O) groups excluding carboxylic acids is 1. The van der Waals surface area contributed by atoms with Gasteiger partial charge in [0.05, 0.1) is 20.2 Å². The molecule has 0 aliphatic heterocycles. The van der Waals surface area contributed by atoms with Crippen molar-refractivity contribution >= 4 is 45.2 Å². The van der Waals surface area contributed by atoms with Gasteiger partial charge in [-0.3, -0.25) is 9.59 Å². The average Bonchev–Trinajstić information content (AvgIpc) is 3.31. The van der Waals surface area contributed by atoms with Crippen LogP contribution in [-0.2, 0) is 4.79 Å². The Hall–Kier alpha value is -2.16. The molecule has 7 heteroatoms.